The zero-order chi connectivity index (χ0) is 15.6. The molecule has 0 aliphatic carbocycles. The topological polar surface area (TPSA) is 72.7 Å². The lowest BCUT2D eigenvalue weighted by Gasteiger charge is -2.32. The van der Waals surface area contributed by atoms with E-state index in [0.717, 1.165) is 18.6 Å². The first-order valence-electron chi connectivity index (χ1n) is 6.48. The van der Waals surface area contributed by atoms with Gasteiger partial charge in [0.25, 0.3) is 11.6 Å². The molecule has 6 nitrogen and oxygen atoms in total. The summed E-state index contributed by atoms with van der Waals surface area (Å²) in [7, 11) is 0. The van der Waals surface area contributed by atoms with Gasteiger partial charge in [0, 0.05) is 25.2 Å². The Labute approximate surface area is 131 Å². The van der Waals surface area contributed by atoms with Crippen LogP contribution in [0.25, 0.3) is 0 Å². The van der Waals surface area contributed by atoms with Crippen LogP contribution in [0.5, 0.6) is 0 Å². The molecule has 1 aliphatic rings. The molecule has 1 saturated heterocycles. The molecule has 1 aromatic carbocycles. The van der Waals surface area contributed by atoms with E-state index in [9.17, 15) is 14.9 Å². The Morgan fingerprint density at radius 2 is 2.24 bits per heavy atom. The van der Waals surface area contributed by atoms with Crippen molar-refractivity contribution in [3.63, 3.8) is 0 Å². The second kappa shape index (κ2) is 6.60. The van der Waals surface area contributed by atoms with Gasteiger partial charge in [0.15, 0.2) is 0 Å². The van der Waals surface area contributed by atoms with Crippen molar-refractivity contribution in [2.75, 3.05) is 19.7 Å². The predicted octanol–water partition coefficient (Wildman–Crippen LogP) is 3.15. The van der Waals surface area contributed by atoms with Crippen LogP contribution in [0.4, 0.5) is 5.69 Å². The quantitative estimate of drug-likeness (QED) is 0.629. The number of hydrogen-bond donors (Lipinski definition) is 0. The average Bonchev–Trinajstić information content (AvgIpc) is 2.49. The van der Waals surface area contributed by atoms with Crippen molar-refractivity contribution < 1.29 is 14.5 Å². The Hall–Kier alpha value is -1.37. The Morgan fingerprint density at radius 3 is 2.86 bits per heavy atom. The number of non-ortho nitro benzene ring substituents is 1. The third-order valence-electron chi connectivity index (χ3n) is 3.34. The highest BCUT2D eigenvalue weighted by molar-refractivity contribution is 6.44. The number of nitro benzene ring substituents is 1. The number of amides is 1. The SMILES string of the molecule is CCC1CN(C(=O)c2cc([N+](=O)[O-])cc(Cl)c2Cl)CCO1. The fourth-order valence-corrected chi connectivity index (χ4v) is 2.56. The third-order valence-corrected chi connectivity index (χ3v) is 4.14. The van der Waals surface area contributed by atoms with Gasteiger partial charge >= 0.3 is 0 Å². The van der Waals surface area contributed by atoms with Gasteiger partial charge in [-0.15, -0.1) is 0 Å². The molecular formula is C13H14Cl2N2O4. The lowest BCUT2D eigenvalue weighted by molar-refractivity contribution is -0.384. The van der Waals surface area contributed by atoms with Crippen LogP contribution in [0.1, 0.15) is 23.7 Å². The standard InChI is InChI=1S/C13H14Cl2N2O4/c1-2-9-7-16(3-4-21-9)13(18)10-5-8(17(19)20)6-11(14)12(10)15/h5-6,9H,2-4,7H2,1H3. The average molecular weight is 333 g/mol. The highest BCUT2D eigenvalue weighted by Gasteiger charge is 2.27. The van der Waals surface area contributed by atoms with Crippen LogP contribution in [0.3, 0.4) is 0 Å². The maximum Gasteiger partial charge on any atom is 0.271 e. The zero-order valence-corrected chi connectivity index (χ0v) is 12.9. The van der Waals surface area contributed by atoms with Gasteiger partial charge in [-0.1, -0.05) is 30.1 Å². The van der Waals surface area contributed by atoms with Gasteiger partial charge in [0.2, 0.25) is 0 Å². The van der Waals surface area contributed by atoms with E-state index in [0.29, 0.717) is 19.7 Å². The summed E-state index contributed by atoms with van der Waals surface area (Å²) in [6.45, 7) is 3.26. The summed E-state index contributed by atoms with van der Waals surface area (Å²) in [5, 5.41) is 10.9. The number of benzene rings is 1. The van der Waals surface area contributed by atoms with E-state index in [4.69, 9.17) is 27.9 Å². The predicted molar refractivity (Wildman–Crippen MR) is 79.1 cm³/mol. The first-order valence-corrected chi connectivity index (χ1v) is 7.24. The van der Waals surface area contributed by atoms with E-state index < -0.39 is 4.92 Å². The van der Waals surface area contributed by atoms with Gasteiger partial charge in [-0.3, -0.25) is 14.9 Å². The summed E-state index contributed by atoms with van der Waals surface area (Å²) in [5.74, 6) is -0.368. The molecule has 1 aliphatic heterocycles. The number of nitrogens with zero attached hydrogens (tertiary/aromatic N) is 2. The van der Waals surface area contributed by atoms with Crippen molar-refractivity contribution in [1.29, 1.82) is 0 Å². The molecule has 1 atom stereocenters. The lowest BCUT2D eigenvalue weighted by Crippen LogP contribution is -2.45. The van der Waals surface area contributed by atoms with Crippen LogP contribution >= 0.6 is 23.2 Å². The first kappa shape index (κ1) is 16.0. The fraction of sp³-hybridized carbons (Fsp3) is 0.462. The number of morpholine rings is 1. The molecule has 1 heterocycles. The van der Waals surface area contributed by atoms with Crippen LogP contribution in [-0.2, 0) is 4.74 Å². The molecule has 0 spiro atoms. The molecule has 2 rings (SSSR count). The molecule has 0 saturated carbocycles. The smallest absolute Gasteiger partial charge is 0.271 e. The molecule has 0 aromatic heterocycles. The van der Waals surface area contributed by atoms with Crippen molar-refractivity contribution in [2.45, 2.75) is 19.4 Å². The number of halogens is 2. The number of carbonyl (C=O) groups is 1. The molecule has 21 heavy (non-hydrogen) atoms. The third kappa shape index (κ3) is 3.45. The fourth-order valence-electron chi connectivity index (χ4n) is 2.16. The van der Waals surface area contributed by atoms with Gasteiger partial charge in [0.05, 0.1) is 33.2 Å². The number of ether oxygens (including phenoxy) is 1. The van der Waals surface area contributed by atoms with Crippen LogP contribution in [0, 0.1) is 10.1 Å². The zero-order valence-electron chi connectivity index (χ0n) is 11.3. The summed E-state index contributed by atoms with van der Waals surface area (Å²) in [6.07, 6.45) is 0.753. The first-order chi connectivity index (χ1) is 9.93. The Kier molecular flexibility index (Phi) is 5.03. The molecule has 0 bridgehead atoms. The van der Waals surface area contributed by atoms with Crippen molar-refractivity contribution in [3.8, 4) is 0 Å². The maximum atomic E-state index is 12.5. The normalized spacial score (nSPS) is 18.6. The molecule has 1 unspecified atom stereocenters. The van der Waals surface area contributed by atoms with Crippen molar-refractivity contribution in [3.05, 3.63) is 37.9 Å². The minimum Gasteiger partial charge on any atom is -0.375 e. The van der Waals surface area contributed by atoms with E-state index in [2.05, 4.69) is 0 Å². The van der Waals surface area contributed by atoms with E-state index in [1.54, 1.807) is 4.90 Å². The summed E-state index contributed by atoms with van der Waals surface area (Å²) in [6, 6.07) is 2.29. The Balaban J connectivity index is 2.32. The maximum absolute atomic E-state index is 12.5. The number of carbonyl (C=O) groups excluding carboxylic acids is 1. The Bertz CT molecular complexity index is 580. The molecular weight excluding hydrogens is 319 g/mol. The van der Waals surface area contributed by atoms with Crippen LogP contribution in [0.2, 0.25) is 10.0 Å². The number of rotatable bonds is 3. The molecule has 8 heteroatoms. The number of hydrogen-bond acceptors (Lipinski definition) is 4. The second-order valence-corrected chi connectivity index (χ2v) is 5.48. The summed E-state index contributed by atoms with van der Waals surface area (Å²) in [5.41, 5.74) is -0.208. The van der Waals surface area contributed by atoms with Gasteiger partial charge < -0.3 is 9.64 Å². The van der Waals surface area contributed by atoms with Gasteiger partial charge in [-0.25, -0.2) is 0 Å². The van der Waals surface area contributed by atoms with Crippen molar-refractivity contribution in [2.24, 2.45) is 0 Å². The summed E-state index contributed by atoms with van der Waals surface area (Å²) >= 11 is 11.9. The van der Waals surface area contributed by atoms with Crippen LogP contribution in [-0.4, -0.2) is 41.5 Å². The van der Waals surface area contributed by atoms with Gasteiger partial charge in [-0.2, -0.15) is 0 Å². The lowest BCUT2D eigenvalue weighted by atomic mass is 10.1. The highest BCUT2D eigenvalue weighted by Crippen LogP contribution is 2.32. The number of nitro groups is 1. The van der Waals surface area contributed by atoms with Crippen molar-refractivity contribution in [1.82, 2.24) is 4.90 Å². The summed E-state index contributed by atoms with van der Waals surface area (Å²) in [4.78, 5) is 24.4. The van der Waals surface area contributed by atoms with E-state index in [-0.39, 0.29) is 33.3 Å². The summed E-state index contributed by atoms with van der Waals surface area (Å²) < 4.78 is 5.50. The van der Waals surface area contributed by atoms with Gasteiger partial charge in [-0.05, 0) is 6.42 Å². The van der Waals surface area contributed by atoms with Crippen LogP contribution in [0.15, 0.2) is 12.1 Å². The molecule has 1 fully saturated rings. The molecule has 1 aromatic rings. The van der Waals surface area contributed by atoms with E-state index in [1.807, 2.05) is 6.92 Å². The van der Waals surface area contributed by atoms with E-state index >= 15 is 0 Å². The Morgan fingerprint density at radius 1 is 1.52 bits per heavy atom. The second-order valence-electron chi connectivity index (χ2n) is 4.70. The van der Waals surface area contributed by atoms with Crippen molar-refractivity contribution >= 4 is 34.8 Å². The van der Waals surface area contributed by atoms with E-state index in [1.165, 1.54) is 0 Å². The molecule has 114 valence electrons. The molecule has 1 amide bonds. The highest BCUT2D eigenvalue weighted by atomic mass is 35.5. The molecule has 0 N–H and O–H groups in total. The largest absolute Gasteiger partial charge is 0.375 e. The minimum absolute atomic E-state index is 0.00508. The van der Waals surface area contributed by atoms with Gasteiger partial charge in [0.1, 0.15) is 0 Å². The molecule has 0 radical (unpaired) electrons. The van der Waals surface area contributed by atoms with Crippen LogP contribution < -0.4 is 0 Å². The monoisotopic (exact) mass is 332 g/mol. The minimum atomic E-state index is -0.604.